The second-order valence-corrected chi connectivity index (χ2v) is 5.74. The fourth-order valence-corrected chi connectivity index (χ4v) is 2.13. The topological polar surface area (TPSA) is 45.1 Å². The smallest absolute Gasteiger partial charge is 0.110 e. The molecule has 2 fully saturated rings. The standard InChI is InChI=1S/C15H17ClN2O/c16-13-7-11(4-3-10-1-2-10)8-18-15(13)14(19)9-17-12-5-6-12/h7-8,10,12,14,17,19H,1-2,5-6,9H2. The fraction of sp³-hybridized carbons (Fsp3) is 0.533. The van der Waals surface area contributed by atoms with Gasteiger partial charge in [-0.3, -0.25) is 4.98 Å². The van der Waals surface area contributed by atoms with Gasteiger partial charge >= 0.3 is 0 Å². The summed E-state index contributed by atoms with van der Waals surface area (Å²) in [7, 11) is 0. The van der Waals surface area contributed by atoms with E-state index in [1.807, 2.05) is 0 Å². The molecule has 2 aliphatic carbocycles. The number of aliphatic hydroxyl groups is 1. The summed E-state index contributed by atoms with van der Waals surface area (Å²) in [5, 5.41) is 13.8. The molecule has 0 bridgehead atoms. The number of nitrogens with one attached hydrogen (secondary N) is 1. The number of aromatic nitrogens is 1. The van der Waals surface area contributed by atoms with Crippen molar-refractivity contribution in [2.75, 3.05) is 6.54 Å². The number of pyridine rings is 1. The van der Waals surface area contributed by atoms with Crippen LogP contribution in [0.5, 0.6) is 0 Å². The molecular formula is C15H17ClN2O. The lowest BCUT2D eigenvalue weighted by Gasteiger charge is -2.12. The van der Waals surface area contributed by atoms with Crippen molar-refractivity contribution in [2.45, 2.75) is 37.8 Å². The van der Waals surface area contributed by atoms with Gasteiger partial charge in [0.1, 0.15) is 6.10 Å². The number of hydrogen-bond acceptors (Lipinski definition) is 3. The minimum atomic E-state index is -0.654. The van der Waals surface area contributed by atoms with Crippen LogP contribution in [-0.4, -0.2) is 22.7 Å². The van der Waals surface area contributed by atoms with Crippen LogP contribution in [-0.2, 0) is 0 Å². The summed E-state index contributed by atoms with van der Waals surface area (Å²) in [5.41, 5.74) is 1.36. The zero-order valence-electron chi connectivity index (χ0n) is 10.7. The van der Waals surface area contributed by atoms with Gasteiger partial charge in [-0.2, -0.15) is 0 Å². The number of halogens is 1. The molecular weight excluding hydrogens is 260 g/mol. The Balaban J connectivity index is 1.65. The maximum atomic E-state index is 10.1. The van der Waals surface area contributed by atoms with Gasteiger partial charge in [-0.1, -0.05) is 23.4 Å². The van der Waals surface area contributed by atoms with Crippen molar-refractivity contribution in [2.24, 2.45) is 5.92 Å². The summed E-state index contributed by atoms with van der Waals surface area (Å²) in [5.74, 6) is 6.82. The maximum Gasteiger partial charge on any atom is 0.110 e. The molecule has 0 aromatic carbocycles. The van der Waals surface area contributed by atoms with Gasteiger partial charge in [0.2, 0.25) is 0 Å². The minimum absolute atomic E-state index is 0.493. The first-order valence-electron chi connectivity index (χ1n) is 6.81. The Hall–Kier alpha value is -1.08. The van der Waals surface area contributed by atoms with Gasteiger partial charge in [-0.05, 0) is 31.7 Å². The van der Waals surface area contributed by atoms with Crippen LogP contribution in [0.4, 0.5) is 0 Å². The van der Waals surface area contributed by atoms with Crippen molar-refractivity contribution < 1.29 is 5.11 Å². The normalized spacial score (nSPS) is 19.7. The van der Waals surface area contributed by atoms with E-state index in [1.165, 1.54) is 25.7 Å². The molecule has 100 valence electrons. The van der Waals surface area contributed by atoms with Crippen LogP contribution < -0.4 is 5.32 Å². The van der Waals surface area contributed by atoms with Gasteiger partial charge in [-0.25, -0.2) is 0 Å². The van der Waals surface area contributed by atoms with E-state index in [2.05, 4.69) is 22.1 Å². The summed E-state index contributed by atoms with van der Waals surface area (Å²) in [4.78, 5) is 4.25. The zero-order valence-corrected chi connectivity index (χ0v) is 11.5. The summed E-state index contributed by atoms with van der Waals surface area (Å²) in [6, 6.07) is 2.36. The molecule has 1 aromatic rings. The molecule has 1 unspecified atom stereocenters. The Kier molecular flexibility index (Phi) is 3.74. The van der Waals surface area contributed by atoms with E-state index < -0.39 is 6.10 Å². The maximum absolute atomic E-state index is 10.1. The predicted octanol–water partition coefficient (Wildman–Crippen LogP) is 2.28. The van der Waals surface area contributed by atoms with Crippen molar-refractivity contribution >= 4 is 11.6 Å². The number of rotatable bonds is 4. The van der Waals surface area contributed by atoms with Crippen molar-refractivity contribution in [3.05, 3.63) is 28.5 Å². The lowest BCUT2D eigenvalue weighted by atomic mass is 10.2. The first-order chi connectivity index (χ1) is 9.22. The van der Waals surface area contributed by atoms with Crippen molar-refractivity contribution in [1.82, 2.24) is 10.3 Å². The molecule has 3 nitrogen and oxygen atoms in total. The van der Waals surface area contributed by atoms with Crippen molar-refractivity contribution in [3.8, 4) is 11.8 Å². The molecule has 2 aliphatic rings. The summed E-state index contributed by atoms with van der Waals surface area (Å²) < 4.78 is 0. The number of hydrogen-bond donors (Lipinski definition) is 2. The van der Waals surface area contributed by atoms with Crippen LogP contribution >= 0.6 is 11.6 Å². The second-order valence-electron chi connectivity index (χ2n) is 5.33. The lowest BCUT2D eigenvalue weighted by Crippen LogP contribution is -2.24. The fourth-order valence-electron chi connectivity index (χ4n) is 1.84. The van der Waals surface area contributed by atoms with E-state index >= 15 is 0 Å². The molecule has 0 aliphatic heterocycles. The molecule has 1 atom stereocenters. The molecule has 0 amide bonds. The zero-order chi connectivity index (χ0) is 13.2. The van der Waals surface area contributed by atoms with Crippen molar-refractivity contribution in [3.63, 3.8) is 0 Å². The first kappa shape index (κ1) is 12.9. The summed E-state index contributed by atoms with van der Waals surface area (Å²) in [6.45, 7) is 0.504. The van der Waals surface area contributed by atoms with Crippen LogP contribution in [0.1, 0.15) is 43.0 Å². The Bertz CT molecular complexity index is 527. The highest BCUT2D eigenvalue weighted by atomic mass is 35.5. The van der Waals surface area contributed by atoms with E-state index in [-0.39, 0.29) is 0 Å². The molecule has 0 radical (unpaired) electrons. The predicted molar refractivity (Wildman–Crippen MR) is 74.8 cm³/mol. The number of nitrogens with zero attached hydrogens (tertiary/aromatic N) is 1. The first-order valence-corrected chi connectivity index (χ1v) is 7.18. The monoisotopic (exact) mass is 276 g/mol. The molecule has 0 saturated heterocycles. The van der Waals surface area contributed by atoms with Crippen LogP contribution in [0, 0.1) is 17.8 Å². The third-order valence-electron chi connectivity index (χ3n) is 3.36. The van der Waals surface area contributed by atoms with Gasteiger partial charge in [0.05, 0.1) is 10.7 Å². The van der Waals surface area contributed by atoms with E-state index in [0.717, 1.165) is 5.56 Å². The Morgan fingerprint density at radius 2 is 2.21 bits per heavy atom. The molecule has 4 heteroatoms. The van der Waals surface area contributed by atoms with Crippen LogP contribution in [0.15, 0.2) is 12.3 Å². The second kappa shape index (κ2) is 5.50. The quantitative estimate of drug-likeness (QED) is 0.830. The van der Waals surface area contributed by atoms with Crippen molar-refractivity contribution in [1.29, 1.82) is 0 Å². The molecule has 0 spiro atoms. The molecule has 3 rings (SSSR count). The molecule has 2 saturated carbocycles. The van der Waals surface area contributed by atoms with E-state index in [1.54, 1.807) is 12.3 Å². The third kappa shape index (κ3) is 3.70. The highest BCUT2D eigenvalue weighted by molar-refractivity contribution is 6.31. The van der Waals surface area contributed by atoms with E-state index in [9.17, 15) is 5.11 Å². The minimum Gasteiger partial charge on any atom is -0.385 e. The highest BCUT2D eigenvalue weighted by Gasteiger charge is 2.23. The Morgan fingerprint density at radius 1 is 1.42 bits per heavy atom. The highest BCUT2D eigenvalue weighted by Crippen LogP contribution is 2.28. The third-order valence-corrected chi connectivity index (χ3v) is 3.66. The average molecular weight is 277 g/mol. The van der Waals surface area contributed by atoms with Gasteiger partial charge in [0, 0.05) is 30.3 Å². The van der Waals surface area contributed by atoms with Crippen LogP contribution in [0.25, 0.3) is 0 Å². The Morgan fingerprint density at radius 3 is 2.84 bits per heavy atom. The van der Waals surface area contributed by atoms with Crippen LogP contribution in [0.3, 0.4) is 0 Å². The largest absolute Gasteiger partial charge is 0.385 e. The molecule has 1 aromatic heterocycles. The van der Waals surface area contributed by atoms with Crippen LogP contribution in [0.2, 0.25) is 5.02 Å². The van der Waals surface area contributed by atoms with Gasteiger partial charge in [-0.15, -0.1) is 0 Å². The van der Waals surface area contributed by atoms with Gasteiger partial charge in [0.25, 0.3) is 0 Å². The SMILES string of the molecule is OC(CNC1CC1)c1ncc(C#CC2CC2)cc1Cl. The Labute approximate surface area is 118 Å². The summed E-state index contributed by atoms with van der Waals surface area (Å²) >= 11 is 6.17. The van der Waals surface area contributed by atoms with E-state index in [4.69, 9.17) is 11.6 Å². The van der Waals surface area contributed by atoms with Gasteiger partial charge in [0.15, 0.2) is 0 Å². The average Bonchev–Trinajstić information content (AvgIpc) is 3.28. The molecule has 19 heavy (non-hydrogen) atoms. The lowest BCUT2D eigenvalue weighted by molar-refractivity contribution is 0.169. The van der Waals surface area contributed by atoms with E-state index in [0.29, 0.717) is 29.2 Å². The molecule has 2 N–H and O–H groups in total. The number of aliphatic hydroxyl groups excluding tert-OH is 1. The van der Waals surface area contributed by atoms with Gasteiger partial charge < -0.3 is 10.4 Å². The summed E-state index contributed by atoms with van der Waals surface area (Å²) in [6.07, 6.45) is 5.85. The molecule has 1 heterocycles.